The number of ether oxygens (including phenoxy) is 7. The molecule has 5 aliphatic rings. The number of nitrogens with one attached hydrogen (secondary N) is 1. The molecule has 48 heavy (non-hydrogen) atoms. The number of carbonyl (C=O) groups is 2. The zero-order valence-electron chi connectivity index (χ0n) is 26.4. The van der Waals surface area contributed by atoms with Crippen molar-refractivity contribution in [3.63, 3.8) is 0 Å². The van der Waals surface area contributed by atoms with Crippen molar-refractivity contribution in [2.45, 2.75) is 74.5 Å². The molecule has 0 spiro atoms. The Kier molecular flexibility index (Phi) is 8.08. The molecule has 3 heterocycles. The molecule has 7 rings (SSSR count). The lowest BCUT2D eigenvalue weighted by atomic mass is 9.97. The molecule has 13 heteroatoms. The van der Waals surface area contributed by atoms with Crippen LogP contribution in [0.3, 0.4) is 0 Å². The van der Waals surface area contributed by atoms with Crippen molar-refractivity contribution in [1.82, 2.24) is 5.32 Å². The first-order valence-corrected chi connectivity index (χ1v) is 15.4. The fraction of sp³-hybridized carbons (Fsp3) is 0.429. The molecule has 0 bridgehead atoms. The molecule has 10 atom stereocenters. The molecule has 0 radical (unpaired) electrons. The topological polar surface area (TPSA) is 175 Å². The summed E-state index contributed by atoms with van der Waals surface area (Å²) in [5, 5.41) is 36.3. The average molecular weight is 660 g/mol. The first kappa shape index (κ1) is 32.0. The van der Waals surface area contributed by atoms with Crippen LogP contribution in [0.25, 0.3) is 10.8 Å². The lowest BCUT2D eigenvalue weighted by Gasteiger charge is -2.42. The monoisotopic (exact) mass is 659 g/mol. The number of phenols is 1. The molecule has 0 amide bonds. The maximum atomic E-state index is 14.0. The third-order valence-corrected chi connectivity index (χ3v) is 9.23. The summed E-state index contributed by atoms with van der Waals surface area (Å²) in [6, 6.07) is 5.74. The Morgan fingerprint density at radius 1 is 1.17 bits per heavy atom. The molecule has 1 unspecified atom stereocenters. The van der Waals surface area contributed by atoms with Crippen LogP contribution in [0.2, 0.25) is 0 Å². The molecule has 250 valence electrons. The Bertz CT molecular complexity index is 1880. The maximum absolute atomic E-state index is 14.0. The largest absolute Gasteiger partial charge is 0.508 e. The van der Waals surface area contributed by atoms with Gasteiger partial charge in [0, 0.05) is 16.5 Å². The molecule has 0 saturated carbocycles. The third-order valence-electron chi connectivity index (χ3n) is 9.23. The van der Waals surface area contributed by atoms with Gasteiger partial charge in [0.05, 0.1) is 19.3 Å². The smallest absolute Gasteiger partial charge is 0.507 e. The van der Waals surface area contributed by atoms with Crippen molar-refractivity contribution < 1.29 is 58.1 Å². The van der Waals surface area contributed by atoms with Gasteiger partial charge in [0.15, 0.2) is 24.6 Å². The second-order valence-corrected chi connectivity index (χ2v) is 12.1. The number of epoxide rings is 1. The summed E-state index contributed by atoms with van der Waals surface area (Å²) in [5.74, 6) is 11.4. The summed E-state index contributed by atoms with van der Waals surface area (Å²) in [7, 11) is 3.10. The SMILES string of the molecule is CN[C@H]1[C@@H](O[C@@H]2/C3=C/C#C[C@H]4O[C@@]4(C4COC(=O)O4)C#CC3=C[C@H]2OC(=O)c2c(O)ccc3c(C)cc(OC)cc23)O[C@H](C)[C@H](O)[C@@H]1O. The van der Waals surface area contributed by atoms with Crippen LogP contribution >= 0.6 is 0 Å². The van der Waals surface area contributed by atoms with E-state index in [0.717, 1.165) is 10.9 Å². The summed E-state index contributed by atoms with van der Waals surface area (Å²) in [6.07, 6.45) is -5.56. The van der Waals surface area contributed by atoms with Crippen LogP contribution in [0.4, 0.5) is 4.79 Å². The number of likely N-dealkylation sites (N-methyl/N-ethyl adjacent to an activating group) is 1. The van der Waals surface area contributed by atoms with E-state index in [2.05, 4.69) is 29.0 Å². The van der Waals surface area contributed by atoms with E-state index in [0.29, 0.717) is 22.3 Å². The van der Waals surface area contributed by atoms with Gasteiger partial charge in [0.2, 0.25) is 5.60 Å². The van der Waals surface area contributed by atoms with E-state index in [-0.39, 0.29) is 17.9 Å². The zero-order chi connectivity index (χ0) is 33.9. The number of allylic oxidation sites excluding steroid dienone is 1. The standard InChI is InChI=1S/C35H33NO12/c1-16-12-19(42-4)14-22-20(16)8-9-23(37)27(22)32(40)45-24-13-18-10-11-35(26-15-43-34(41)46-26)25(48-35)7-5-6-21(18)31(24)47-33-28(36-3)30(39)29(38)17(2)44-33/h6,8-9,12-14,17,24-26,28-31,33,36-39H,15H2,1-4H3/b21-6+/t17-,24-,25-,26?,28-,29+,30-,31-,33-,35+/m1/s1. The number of cyclic esters (lactones) is 2. The van der Waals surface area contributed by atoms with E-state index in [1.165, 1.54) is 13.2 Å². The predicted molar refractivity (Wildman–Crippen MR) is 166 cm³/mol. The normalized spacial score (nSPS) is 35.7. The summed E-state index contributed by atoms with van der Waals surface area (Å²) in [6.45, 7) is 3.42. The Morgan fingerprint density at radius 3 is 2.71 bits per heavy atom. The number of fused-ring (bicyclic) bond motifs is 3. The number of methoxy groups -OCH3 is 1. The molecule has 3 saturated heterocycles. The van der Waals surface area contributed by atoms with Gasteiger partial charge in [-0.3, -0.25) is 0 Å². The lowest BCUT2D eigenvalue weighted by molar-refractivity contribution is -0.273. The van der Waals surface area contributed by atoms with Gasteiger partial charge in [-0.05, 0) is 62.2 Å². The van der Waals surface area contributed by atoms with Crippen LogP contribution in [0.5, 0.6) is 11.5 Å². The van der Waals surface area contributed by atoms with E-state index in [1.54, 1.807) is 38.3 Å². The molecule has 13 nitrogen and oxygen atoms in total. The van der Waals surface area contributed by atoms with Crippen LogP contribution in [0.15, 0.2) is 47.6 Å². The number of benzene rings is 2. The van der Waals surface area contributed by atoms with Gasteiger partial charge in [-0.25, -0.2) is 9.59 Å². The molecule has 2 aliphatic carbocycles. The minimum absolute atomic E-state index is 0.0490. The molecular weight excluding hydrogens is 626 g/mol. The highest BCUT2D eigenvalue weighted by Crippen LogP contribution is 2.44. The number of rotatable bonds is 7. The van der Waals surface area contributed by atoms with Gasteiger partial charge in [-0.1, -0.05) is 29.7 Å². The van der Waals surface area contributed by atoms with Crippen LogP contribution in [-0.4, -0.2) is 109 Å². The highest BCUT2D eigenvalue weighted by Gasteiger charge is 2.65. The number of aromatic hydroxyl groups is 1. The van der Waals surface area contributed by atoms with Crippen molar-refractivity contribution in [2.24, 2.45) is 0 Å². The van der Waals surface area contributed by atoms with Gasteiger partial charge in [0.1, 0.15) is 42.0 Å². The Labute approximate surface area is 275 Å². The molecule has 2 aromatic carbocycles. The second kappa shape index (κ2) is 12.1. The summed E-state index contributed by atoms with van der Waals surface area (Å²) in [4.78, 5) is 25.7. The quantitative estimate of drug-likeness (QED) is 0.191. The Hall–Kier alpha value is -4.60. The molecular formula is C35H33NO12. The van der Waals surface area contributed by atoms with Crippen molar-refractivity contribution in [2.75, 3.05) is 20.8 Å². The third kappa shape index (κ3) is 5.35. The highest BCUT2D eigenvalue weighted by molar-refractivity contribution is 6.08. The van der Waals surface area contributed by atoms with E-state index in [1.807, 2.05) is 13.0 Å². The van der Waals surface area contributed by atoms with Crippen molar-refractivity contribution in [3.05, 3.63) is 58.7 Å². The number of esters is 1. The number of aliphatic hydroxyl groups is 2. The number of aliphatic hydroxyl groups excluding tert-OH is 2. The van der Waals surface area contributed by atoms with E-state index in [4.69, 9.17) is 33.2 Å². The Balaban J connectivity index is 1.27. The van der Waals surface area contributed by atoms with Crippen LogP contribution in [0, 0.1) is 30.6 Å². The van der Waals surface area contributed by atoms with Gasteiger partial charge in [-0.15, -0.1) is 0 Å². The zero-order valence-corrected chi connectivity index (χ0v) is 26.4. The predicted octanol–water partition coefficient (Wildman–Crippen LogP) is 1.39. The first-order valence-electron chi connectivity index (χ1n) is 15.4. The molecule has 3 fully saturated rings. The van der Waals surface area contributed by atoms with Crippen molar-refractivity contribution in [1.29, 1.82) is 0 Å². The van der Waals surface area contributed by atoms with E-state index in [9.17, 15) is 24.9 Å². The molecule has 4 N–H and O–H groups in total. The minimum Gasteiger partial charge on any atom is -0.507 e. The molecule has 2 aromatic rings. The maximum Gasteiger partial charge on any atom is 0.508 e. The van der Waals surface area contributed by atoms with Gasteiger partial charge >= 0.3 is 12.1 Å². The molecule has 0 aromatic heterocycles. The van der Waals surface area contributed by atoms with Crippen molar-refractivity contribution in [3.8, 4) is 35.2 Å². The van der Waals surface area contributed by atoms with Gasteiger partial charge < -0.3 is 53.8 Å². The fourth-order valence-corrected chi connectivity index (χ4v) is 6.50. The number of aryl methyl sites for hydroxylation is 1. The lowest BCUT2D eigenvalue weighted by Crippen LogP contribution is -2.62. The average Bonchev–Trinajstić information content (AvgIpc) is 3.39. The summed E-state index contributed by atoms with van der Waals surface area (Å²) < 4.78 is 40.0. The number of carbonyl (C=O) groups excluding carboxylic acids is 2. The Morgan fingerprint density at radius 2 is 1.98 bits per heavy atom. The van der Waals surface area contributed by atoms with Crippen LogP contribution in [0.1, 0.15) is 22.8 Å². The molecule has 3 aliphatic heterocycles. The van der Waals surface area contributed by atoms with Gasteiger partial charge in [0.25, 0.3) is 0 Å². The second-order valence-electron chi connectivity index (χ2n) is 12.1. The first-order chi connectivity index (χ1) is 23.0. The van der Waals surface area contributed by atoms with Gasteiger partial charge in [-0.2, -0.15) is 0 Å². The summed E-state index contributed by atoms with van der Waals surface area (Å²) in [5.41, 5.74) is 0.400. The van der Waals surface area contributed by atoms with E-state index >= 15 is 0 Å². The van der Waals surface area contributed by atoms with Crippen LogP contribution < -0.4 is 10.1 Å². The van der Waals surface area contributed by atoms with Crippen molar-refractivity contribution >= 4 is 22.9 Å². The number of phenolic OH excluding ortho intramolecular Hbond substituents is 1. The summed E-state index contributed by atoms with van der Waals surface area (Å²) >= 11 is 0. The minimum atomic E-state index is -1.24. The number of hydrogen-bond acceptors (Lipinski definition) is 13. The number of hydrogen-bond donors (Lipinski definition) is 4. The fourth-order valence-electron chi connectivity index (χ4n) is 6.50. The highest BCUT2D eigenvalue weighted by atomic mass is 16.8. The van der Waals surface area contributed by atoms with Crippen LogP contribution in [-0.2, 0) is 28.4 Å². The van der Waals surface area contributed by atoms with E-state index < -0.39 is 72.8 Å².